The van der Waals surface area contributed by atoms with Crippen LogP contribution in [0.5, 0.6) is 5.88 Å². The zero-order chi connectivity index (χ0) is 24.3. The first-order valence-electron chi connectivity index (χ1n) is 11.1. The zero-order valence-corrected chi connectivity index (χ0v) is 20.3. The molecule has 34 heavy (non-hydrogen) atoms. The van der Waals surface area contributed by atoms with Crippen LogP contribution >= 0.6 is 0 Å². The van der Waals surface area contributed by atoms with E-state index in [2.05, 4.69) is 25.1 Å². The number of aliphatic imine (C=N–C) groups is 1. The highest BCUT2D eigenvalue weighted by Gasteiger charge is 2.19. The van der Waals surface area contributed by atoms with Gasteiger partial charge < -0.3 is 10.1 Å². The Morgan fingerprint density at radius 2 is 2.00 bits per heavy atom. The maximum absolute atomic E-state index is 12.8. The third-order valence-electron chi connectivity index (χ3n) is 5.48. The molecule has 0 spiro atoms. The molecule has 0 atom stereocenters. The molecule has 0 saturated carbocycles. The third-order valence-corrected chi connectivity index (χ3v) is 6.86. The Labute approximate surface area is 198 Å². The van der Waals surface area contributed by atoms with Crippen molar-refractivity contribution in [2.75, 3.05) is 18.5 Å². The predicted octanol–water partition coefficient (Wildman–Crippen LogP) is 2.85. The molecule has 1 aliphatic heterocycles. The average molecular weight is 485 g/mol. The molecule has 2 N–H and O–H groups in total. The lowest BCUT2D eigenvalue weighted by atomic mass is 10.2. The molecule has 3 heterocycles. The molecule has 0 bridgehead atoms. The number of nitrogens with one attached hydrogen (secondary N) is 2. The van der Waals surface area contributed by atoms with Crippen molar-refractivity contribution in [3.05, 3.63) is 41.6 Å². The molecule has 1 aliphatic rings. The summed E-state index contributed by atoms with van der Waals surface area (Å²) in [5, 5.41) is 7.76. The number of hydrogen-bond donors (Lipinski definition) is 2. The van der Waals surface area contributed by atoms with Crippen molar-refractivity contribution in [3.63, 3.8) is 0 Å². The SMILES string of the molecule is Cc1cc(C)c2c(OCC(=O)Nc3cccc(S(=O)(=O)NC4=NCCCCC4)c3)nn(C)c2n1. The largest absolute Gasteiger partial charge is 0.466 e. The van der Waals surface area contributed by atoms with Gasteiger partial charge in [0.05, 0.1) is 10.3 Å². The van der Waals surface area contributed by atoms with Crippen molar-refractivity contribution >= 4 is 38.5 Å². The number of hydrogen-bond acceptors (Lipinski definition) is 7. The Hall–Kier alpha value is -3.47. The number of carbonyl (C=O) groups is 1. The Morgan fingerprint density at radius 1 is 1.18 bits per heavy atom. The molecule has 1 amide bonds. The smallest absolute Gasteiger partial charge is 0.262 e. The number of nitrogens with zero attached hydrogens (tertiary/aromatic N) is 4. The van der Waals surface area contributed by atoms with Crippen molar-refractivity contribution in [2.45, 2.75) is 44.4 Å². The van der Waals surface area contributed by atoms with E-state index in [1.165, 1.54) is 12.1 Å². The number of amides is 1. The summed E-state index contributed by atoms with van der Waals surface area (Å²) in [5.41, 5.74) is 2.85. The summed E-state index contributed by atoms with van der Waals surface area (Å²) in [7, 11) is -2.04. The van der Waals surface area contributed by atoms with Gasteiger partial charge in [0, 0.05) is 31.4 Å². The van der Waals surface area contributed by atoms with E-state index in [0.29, 0.717) is 36.0 Å². The molecule has 10 nitrogen and oxygen atoms in total. The van der Waals surface area contributed by atoms with Crippen LogP contribution in [0.1, 0.15) is 36.9 Å². The molecule has 0 fully saturated rings. The van der Waals surface area contributed by atoms with Crippen LogP contribution in [0.2, 0.25) is 0 Å². The van der Waals surface area contributed by atoms with Crippen LogP contribution in [0.15, 0.2) is 40.2 Å². The minimum Gasteiger partial charge on any atom is -0.466 e. The summed E-state index contributed by atoms with van der Waals surface area (Å²) in [6, 6.07) is 8.00. The number of carbonyl (C=O) groups excluding carboxylic acids is 1. The predicted molar refractivity (Wildman–Crippen MR) is 130 cm³/mol. The minimum absolute atomic E-state index is 0.0472. The molecule has 11 heteroatoms. The normalized spacial score (nSPS) is 14.4. The van der Waals surface area contributed by atoms with E-state index in [4.69, 9.17) is 4.74 Å². The lowest BCUT2D eigenvalue weighted by molar-refractivity contribution is -0.118. The molecular formula is C23H28N6O4S. The van der Waals surface area contributed by atoms with Crippen molar-refractivity contribution in [1.82, 2.24) is 19.5 Å². The Kier molecular flexibility index (Phi) is 6.82. The zero-order valence-electron chi connectivity index (χ0n) is 19.5. The van der Waals surface area contributed by atoms with Crippen molar-refractivity contribution < 1.29 is 17.9 Å². The van der Waals surface area contributed by atoms with E-state index in [1.807, 2.05) is 19.9 Å². The van der Waals surface area contributed by atoms with Gasteiger partial charge in [0.25, 0.3) is 15.9 Å². The lowest BCUT2D eigenvalue weighted by Gasteiger charge is -2.11. The fourth-order valence-electron chi connectivity index (χ4n) is 3.89. The summed E-state index contributed by atoms with van der Waals surface area (Å²) in [4.78, 5) is 21.4. The number of amidine groups is 1. The van der Waals surface area contributed by atoms with Crippen LogP contribution in [0, 0.1) is 13.8 Å². The first-order chi connectivity index (χ1) is 16.2. The minimum atomic E-state index is -3.80. The summed E-state index contributed by atoms with van der Waals surface area (Å²) in [6.45, 7) is 4.17. The average Bonchev–Trinajstić information content (AvgIpc) is 2.93. The molecule has 0 aliphatic carbocycles. The van der Waals surface area contributed by atoms with E-state index in [-0.39, 0.29) is 11.5 Å². The summed E-state index contributed by atoms with van der Waals surface area (Å²) < 4.78 is 35.5. The van der Waals surface area contributed by atoms with Gasteiger partial charge in [0.15, 0.2) is 12.3 Å². The fraction of sp³-hybridized carbons (Fsp3) is 0.391. The van der Waals surface area contributed by atoms with Gasteiger partial charge in [-0.05, 0) is 56.5 Å². The first-order valence-corrected chi connectivity index (χ1v) is 12.6. The molecule has 4 rings (SSSR count). The van der Waals surface area contributed by atoms with Crippen LogP contribution in [-0.4, -0.2) is 48.1 Å². The van der Waals surface area contributed by atoms with Gasteiger partial charge in [-0.25, -0.2) is 18.1 Å². The molecule has 3 aromatic rings. The topological polar surface area (TPSA) is 128 Å². The number of sulfonamides is 1. The second kappa shape index (κ2) is 9.80. The van der Waals surface area contributed by atoms with Gasteiger partial charge in [-0.15, -0.1) is 5.10 Å². The Morgan fingerprint density at radius 3 is 2.82 bits per heavy atom. The molecule has 180 valence electrons. The van der Waals surface area contributed by atoms with E-state index >= 15 is 0 Å². The lowest BCUT2D eigenvalue weighted by Crippen LogP contribution is -2.30. The van der Waals surface area contributed by atoms with Crippen molar-refractivity contribution in [2.24, 2.45) is 12.0 Å². The Balaban J connectivity index is 1.43. The highest BCUT2D eigenvalue weighted by atomic mass is 32.2. The highest BCUT2D eigenvalue weighted by Crippen LogP contribution is 2.27. The highest BCUT2D eigenvalue weighted by molar-refractivity contribution is 7.90. The van der Waals surface area contributed by atoms with E-state index in [1.54, 1.807) is 23.9 Å². The summed E-state index contributed by atoms with van der Waals surface area (Å²) >= 11 is 0. The van der Waals surface area contributed by atoms with Gasteiger partial charge in [0.1, 0.15) is 5.84 Å². The molecule has 1 aromatic carbocycles. The first kappa shape index (κ1) is 23.7. The fourth-order valence-corrected chi connectivity index (χ4v) is 5.03. The standard InChI is InChI=1S/C23H28N6O4S/c1-15-12-16(2)25-22-21(15)23(27-29(22)3)33-14-20(30)26-17-8-7-9-18(13-17)34(31,32)28-19-10-5-4-6-11-24-19/h7-9,12-13H,4-6,10-11,14H2,1-3H3,(H,24,28)(H,26,30). The molecule has 0 saturated heterocycles. The van der Waals surface area contributed by atoms with Gasteiger partial charge in [0.2, 0.25) is 5.88 Å². The van der Waals surface area contributed by atoms with Gasteiger partial charge in [-0.1, -0.05) is 12.5 Å². The summed E-state index contributed by atoms with van der Waals surface area (Å²) in [6.07, 6.45) is 3.49. The maximum Gasteiger partial charge on any atom is 0.262 e. The third kappa shape index (κ3) is 5.36. The van der Waals surface area contributed by atoms with Gasteiger partial charge in [-0.3, -0.25) is 14.5 Å². The molecule has 0 radical (unpaired) electrons. The number of aromatic nitrogens is 3. The molecule has 0 unspecified atom stereocenters. The van der Waals surface area contributed by atoms with Crippen molar-refractivity contribution in [3.8, 4) is 5.88 Å². The van der Waals surface area contributed by atoms with Crippen molar-refractivity contribution in [1.29, 1.82) is 0 Å². The van der Waals surface area contributed by atoms with Gasteiger partial charge in [-0.2, -0.15) is 0 Å². The van der Waals surface area contributed by atoms with Crippen LogP contribution in [0.3, 0.4) is 0 Å². The van der Waals surface area contributed by atoms with E-state index in [9.17, 15) is 13.2 Å². The molecular weight excluding hydrogens is 456 g/mol. The second-order valence-corrected chi connectivity index (χ2v) is 10.00. The monoisotopic (exact) mass is 484 g/mol. The number of fused-ring (bicyclic) bond motifs is 1. The van der Waals surface area contributed by atoms with Crippen LogP contribution < -0.4 is 14.8 Å². The maximum atomic E-state index is 12.8. The number of rotatable bonds is 6. The van der Waals surface area contributed by atoms with Crippen LogP contribution in [0.4, 0.5) is 5.69 Å². The Bertz CT molecular complexity index is 1360. The number of aryl methyl sites for hydroxylation is 3. The number of benzene rings is 1. The van der Waals surface area contributed by atoms with E-state index < -0.39 is 15.9 Å². The van der Waals surface area contributed by atoms with Crippen LogP contribution in [0.25, 0.3) is 11.0 Å². The summed E-state index contributed by atoms with van der Waals surface area (Å²) in [5.74, 6) is 0.359. The molecule has 2 aromatic heterocycles. The number of ether oxygens (including phenoxy) is 1. The number of anilines is 1. The van der Waals surface area contributed by atoms with Crippen LogP contribution in [-0.2, 0) is 21.9 Å². The van der Waals surface area contributed by atoms with Gasteiger partial charge >= 0.3 is 0 Å². The second-order valence-electron chi connectivity index (χ2n) is 8.32. The quantitative estimate of drug-likeness (QED) is 0.554. The van der Waals surface area contributed by atoms with E-state index in [0.717, 1.165) is 35.9 Å². The number of pyridine rings is 1.